The van der Waals surface area contributed by atoms with E-state index in [1.807, 2.05) is 30.3 Å². The van der Waals surface area contributed by atoms with Crippen molar-refractivity contribution in [2.45, 2.75) is 0 Å². The fraction of sp³-hybridized carbons (Fsp3) is 0.0455. The molecule has 3 aromatic carbocycles. The summed E-state index contributed by atoms with van der Waals surface area (Å²) in [5, 5.41) is 5.06. The lowest BCUT2D eigenvalue weighted by Gasteiger charge is -2.12. The summed E-state index contributed by atoms with van der Waals surface area (Å²) in [5.41, 5.74) is 2.05. The lowest BCUT2D eigenvalue weighted by molar-refractivity contribution is 0.386. The molecule has 0 saturated carbocycles. The first-order valence-electron chi connectivity index (χ1n) is 8.40. The molecule has 1 heterocycles. The van der Waals surface area contributed by atoms with E-state index in [0.717, 1.165) is 16.3 Å². The van der Waals surface area contributed by atoms with E-state index in [9.17, 15) is 8.78 Å². The maximum absolute atomic E-state index is 14.0. The van der Waals surface area contributed by atoms with Gasteiger partial charge in [0.15, 0.2) is 11.6 Å². The monoisotopic (exact) mass is 362 g/mol. The molecular weight excluding hydrogens is 346 g/mol. The number of rotatable bonds is 4. The molecule has 0 spiro atoms. The van der Waals surface area contributed by atoms with E-state index in [2.05, 4.69) is 10.3 Å². The van der Waals surface area contributed by atoms with Gasteiger partial charge in [0.25, 0.3) is 0 Å². The van der Waals surface area contributed by atoms with Crippen molar-refractivity contribution in [1.82, 2.24) is 4.98 Å². The van der Waals surface area contributed by atoms with Crippen LogP contribution in [0.5, 0.6) is 5.75 Å². The van der Waals surface area contributed by atoms with Crippen molar-refractivity contribution in [1.29, 1.82) is 0 Å². The third-order valence-corrected chi connectivity index (χ3v) is 4.29. The molecule has 0 unspecified atom stereocenters. The van der Waals surface area contributed by atoms with Crippen LogP contribution < -0.4 is 10.1 Å². The lowest BCUT2D eigenvalue weighted by Crippen LogP contribution is -1.98. The highest BCUT2D eigenvalue weighted by atomic mass is 19.1. The second kappa shape index (κ2) is 7.03. The Bertz CT molecular complexity index is 1110. The van der Waals surface area contributed by atoms with Gasteiger partial charge in [0.1, 0.15) is 11.6 Å². The summed E-state index contributed by atoms with van der Waals surface area (Å²) >= 11 is 0. The zero-order valence-electron chi connectivity index (χ0n) is 14.5. The molecular formula is C22H16F2N2O. The molecule has 0 bridgehead atoms. The molecule has 4 aromatic rings. The summed E-state index contributed by atoms with van der Waals surface area (Å²) in [6.07, 6.45) is 0. The molecule has 1 aromatic heterocycles. The number of anilines is 2. The van der Waals surface area contributed by atoms with Crippen LogP contribution in [0.1, 0.15) is 0 Å². The van der Waals surface area contributed by atoms with E-state index in [0.29, 0.717) is 17.2 Å². The van der Waals surface area contributed by atoms with Crippen molar-refractivity contribution in [3.05, 3.63) is 84.4 Å². The molecule has 0 aliphatic heterocycles. The molecule has 0 aliphatic carbocycles. The first-order chi connectivity index (χ1) is 13.1. The summed E-state index contributed by atoms with van der Waals surface area (Å²) in [7, 11) is 1.42. The minimum absolute atomic E-state index is 0.179. The summed E-state index contributed by atoms with van der Waals surface area (Å²) in [4.78, 5) is 4.68. The Kier molecular flexibility index (Phi) is 4.42. The number of pyridine rings is 1. The predicted molar refractivity (Wildman–Crippen MR) is 103 cm³/mol. The maximum atomic E-state index is 14.0. The number of fused-ring (bicyclic) bond motifs is 1. The maximum Gasteiger partial charge on any atom is 0.167 e. The van der Waals surface area contributed by atoms with Crippen molar-refractivity contribution < 1.29 is 13.5 Å². The average molecular weight is 362 g/mol. The Morgan fingerprint density at radius 1 is 0.889 bits per heavy atom. The van der Waals surface area contributed by atoms with Gasteiger partial charge in [0.05, 0.1) is 12.8 Å². The molecule has 134 valence electrons. The minimum atomic E-state index is -0.457. The number of methoxy groups -OCH3 is 1. The SMILES string of the molecule is COc1ccc(Nc2nc(-c3ccc(F)cc3)cc3ccccc23)cc1F. The van der Waals surface area contributed by atoms with Crippen molar-refractivity contribution in [2.24, 2.45) is 0 Å². The van der Waals surface area contributed by atoms with Crippen LogP contribution in [-0.4, -0.2) is 12.1 Å². The molecule has 3 nitrogen and oxygen atoms in total. The van der Waals surface area contributed by atoms with Crippen LogP contribution in [0.25, 0.3) is 22.0 Å². The number of hydrogen-bond acceptors (Lipinski definition) is 3. The number of hydrogen-bond donors (Lipinski definition) is 1. The Morgan fingerprint density at radius 2 is 1.67 bits per heavy atom. The van der Waals surface area contributed by atoms with Crippen LogP contribution >= 0.6 is 0 Å². The largest absolute Gasteiger partial charge is 0.494 e. The fourth-order valence-electron chi connectivity index (χ4n) is 2.94. The number of benzene rings is 3. The summed E-state index contributed by atoms with van der Waals surface area (Å²) in [6, 6.07) is 20.5. The first kappa shape index (κ1) is 17.0. The van der Waals surface area contributed by atoms with Gasteiger partial charge in [-0.25, -0.2) is 13.8 Å². The van der Waals surface area contributed by atoms with Crippen LogP contribution in [-0.2, 0) is 0 Å². The quantitative estimate of drug-likeness (QED) is 0.488. The van der Waals surface area contributed by atoms with E-state index in [4.69, 9.17) is 4.74 Å². The van der Waals surface area contributed by atoms with Gasteiger partial charge in [-0.3, -0.25) is 0 Å². The molecule has 4 rings (SSSR count). The number of nitrogens with zero attached hydrogens (tertiary/aromatic N) is 1. The predicted octanol–water partition coefficient (Wildman–Crippen LogP) is 5.93. The topological polar surface area (TPSA) is 34.1 Å². The van der Waals surface area contributed by atoms with Crippen molar-refractivity contribution in [3.63, 3.8) is 0 Å². The van der Waals surface area contributed by atoms with Gasteiger partial charge in [0.2, 0.25) is 0 Å². The van der Waals surface area contributed by atoms with Gasteiger partial charge in [-0.15, -0.1) is 0 Å². The standard InChI is InChI=1S/C22H16F2N2O/c1-27-21-11-10-17(13-19(21)24)25-22-18-5-3-2-4-15(18)12-20(26-22)14-6-8-16(23)9-7-14/h2-13H,1H3,(H,25,26). The van der Waals surface area contributed by atoms with Gasteiger partial charge in [-0.1, -0.05) is 24.3 Å². The van der Waals surface area contributed by atoms with E-state index >= 15 is 0 Å². The summed E-state index contributed by atoms with van der Waals surface area (Å²) in [6.45, 7) is 0. The fourth-order valence-corrected chi connectivity index (χ4v) is 2.94. The molecule has 0 amide bonds. The zero-order valence-corrected chi connectivity index (χ0v) is 14.5. The van der Waals surface area contributed by atoms with Gasteiger partial charge < -0.3 is 10.1 Å². The van der Waals surface area contributed by atoms with Crippen molar-refractivity contribution in [2.75, 3.05) is 12.4 Å². The van der Waals surface area contributed by atoms with Gasteiger partial charge in [-0.05, 0) is 47.9 Å². The third-order valence-electron chi connectivity index (χ3n) is 4.29. The number of aromatic nitrogens is 1. The number of ether oxygens (including phenoxy) is 1. The summed E-state index contributed by atoms with van der Waals surface area (Å²) in [5.74, 6) is 0.0171. The molecule has 0 radical (unpaired) electrons. The zero-order chi connectivity index (χ0) is 18.8. The van der Waals surface area contributed by atoms with E-state index in [1.54, 1.807) is 24.3 Å². The Hall–Kier alpha value is -3.47. The minimum Gasteiger partial charge on any atom is -0.494 e. The smallest absolute Gasteiger partial charge is 0.167 e. The second-order valence-electron chi connectivity index (χ2n) is 6.06. The second-order valence-corrected chi connectivity index (χ2v) is 6.06. The Labute approximate surface area is 155 Å². The molecule has 0 aliphatic rings. The highest BCUT2D eigenvalue weighted by molar-refractivity contribution is 5.95. The summed E-state index contributed by atoms with van der Waals surface area (Å²) < 4.78 is 32.2. The molecule has 0 fully saturated rings. The van der Waals surface area contributed by atoms with E-state index in [1.165, 1.54) is 25.3 Å². The van der Waals surface area contributed by atoms with Crippen molar-refractivity contribution >= 4 is 22.3 Å². The van der Waals surface area contributed by atoms with Gasteiger partial charge in [-0.2, -0.15) is 0 Å². The van der Waals surface area contributed by atoms with Crippen LogP contribution in [0.4, 0.5) is 20.3 Å². The lowest BCUT2D eigenvalue weighted by atomic mass is 10.1. The van der Waals surface area contributed by atoms with Gasteiger partial charge in [0, 0.05) is 22.7 Å². The molecule has 0 atom stereocenters. The Balaban J connectivity index is 1.81. The van der Waals surface area contributed by atoms with Gasteiger partial charge >= 0.3 is 0 Å². The van der Waals surface area contributed by atoms with E-state index in [-0.39, 0.29) is 11.6 Å². The first-order valence-corrected chi connectivity index (χ1v) is 8.40. The molecule has 5 heteroatoms. The van der Waals surface area contributed by atoms with E-state index < -0.39 is 5.82 Å². The van der Waals surface area contributed by atoms with Crippen LogP contribution in [0, 0.1) is 11.6 Å². The normalized spacial score (nSPS) is 10.8. The van der Waals surface area contributed by atoms with Crippen LogP contribution in [0.15, 0.2) is 72.8 Å². The molecule has 1 N–H and O–H groups in total. The van der Waals surface area contributed by atoms with Crippen LogP contribution in [0.3, 0.4) is 0 Å². The molecule has 0 saturated heterocycles. The number of halogens is 2. The third kappa shape index (κ3) is 3.44. The van der Waals surface area contributed by atoms with Crippen molar-refractivity contribution in [3.8, 4) is 17.0 Å². The molecule has 27 heavy (non-hydrogen) atoms. The number of nitrogens with one attached hydrogen (secondary N) is 1. The Morgan fingerprint density at radius 3 is 2.41 bits per heavy atom. The van der Waals surface area contributed by atoms with Crippen LogP contribution in [0.2, 0.25) is 0 Å². The highest BCUT2D eigenvalue weighted by Crippen LogP contribution is 2.31. The highest BCUT2D eigenvalue weighted by Gasteiger charge is 2.10. The average Bonchev–Trinajstić information content (AvgIpc) is 2.68.